The van der Waals surface area contributed by atoms with Gasteiger partial charge in [0, 0.05) is 5.56 Å². The second kappa shape index (κ2) is 9.02. The van der Waals surface area contributed by atoms with Gasteiger partial charge in [0.2, 0.25) is 0 Å². The predicted molar refractivity (Wildman–Crippen MR) is 100 cm³/mol. The van der Waals surface area contributed by atoms with Gasteiger partial charge in [-0.05, 0) is 48.7 Å². The Morgan fingerprint density at radius 1 is 0.875 bits per heavy atom. The first kappa shape index (κ1) is 17.9. The van der Waals surface area contributed by atoms with Crippen molar-refractivity contribution in [2.75, 3.05) is 20.8 Å². The quantitative estimate of drug-likeness (QED) is 0.483. The van der Waals surface area contributed by atoms with Gasteiger partial charge in [-0.25, -0.2) is 0 Å². The second-order valence-electron chi connectivity index (χ2n) is 5.65. The summed E-state index contributed by atoms with van der Waals surface area (Å²) in [6.45, 7) is 4.92. The number of rotatable bonds is 8. The van der Waals surface area contributed by atoms with Gasteiger partial charge in [-0.1, -0.05) is 37.6 Å². The first-order chi connectivity index (χ1) is 11.7. The predicted octanol–water partition coefficient (Wildman–Crippen LogP) is 5.36. The van der Waals surface area contributed by atoms with Crippen molar-refractivity contribution in [2.24, 2.45) is 0 Å². The molecule has 128 valence electrons. The Hall–Kier alpha value is -2.42. The van der Waals surface area contributed by atoms with Gasteiger partial charge in [-0.2, -0.15) is 0 Å². The fourth-order valence-corrected chi connectivity index (χ4v) is 2.40. The molecule has 0 radical (unpaired) electrons. The van der Waals surface area contributed by atoms with Crippen molar-refractivity contribution in [2.45, 2.75) is 26.7 Å². The zero-order chi connectivity index (χ0) is 17.4. The SMILES string of the molecule is CCCCOc1ccc(C=Cc2cc(OC)c(C)c(OC)c2)cc1. The molecule has 0 aliphatic heterocycles. The number of benzene rings is 2. The van der Waals surface area contributed by atoms with E-state index in [1.54, 1.807) is 14.2 Å². The van der Waals surface area contributed by atoms with Crippen molar-refractivity contribution in [3.63, 3.8) is 0 Å². The third-order valence-electron chi connectivity index (χ3n) is 3.89. The van der Waals surface area contributed by atoms with Crippen LogP contribution < -0.4 is 14.2 Å². The van der Waals surface area contributed by atoms with E-state index in [0.29, 0.717) is 0 Å². The van der Waals surface area contributed by atoms with Crippen LogP contribution in [0.25, 0.3) is 12.2 Å². The van der Waals surface area contributed by atoms with Crippen LogP contribution in [-0.4, -0.2) is 20.8 Å². The highest BCUT2D eigenvalue weighted by Crippen LogP contribution is 2.30. The molecule has 24 heavy (non-hydrogen) atoms. The van der Waals surface area contributed by atoms with E-state index >= 15 is 0 Å². The average Bonchev–Trinajstić information content (AvgIpc) is 2.62. The van der Waals surface area contributed by atoms with E-state index in [1.165, 1.54) is 0 Å². The zero-order valence-electron chi connectivity index (χ0n) is 15.0. The lowest BCUT2D eigenvalue weighted by atomic mass is 10.1. The summed E-state index contributed by atoms with van der Waals surface area (Å²) in [6.07, 6.45) is 6.35. The topological polar surface area (TPSA) is 27.7 Å². The molecular weight excluding hydrogens is 300 g/mol. The molecular formula is C21H26O3. The molecule has 0 saturated carbocycles. The van der Waals surface area contributed by atoms with Crippen molar-refractivity contribution in [3.8, 4) is 17.2 Å². The summed E-state index contributed by atoms with van der Waals surface area (Å²) >= 11 is 0. The molecule has 2 rings (SSSR count). The molecule has 0 aliphatic carbocycles. The molecule has 0 aromatic heterocycles. The van der Waals surface area contributed by atoms with Gasteiger partial charge in [-0.15, -0.1) is 0 Å². The van der Waals surface area contributed by atoms with Gasteiger partial charge in [0.25, 0.3) is 0 Å². The Morgan fingerprint density at radius 3 is 2.00 bits per heavy atom. The monoisotopic (exact) mass is 326 g/mol. The van der Waals surface area contributed by atoms with E-state index in [0.717, 1.165) is 53.4 Å². The maximum Gasteiger partial charge on any atom is 0.126 e. The van der Waals surface area contributed by atoms with E-state index in [4.69, 9.17) is 14.2 Å². The average molecular weight is 326 g/mol. The van der Waals surface area contributed by atoms with Crippen LogP contribution in [0.5, 0.6) is 17.2 Å². The number of ether oxygens (including phenoxy) is 3. The van der Waals surface area contributed by atoms with Gasteiger partial charge < -0.3 is 14.2 Å². The highest BCUT2D eigenvalue weighted by molar-refractivity contribution is 5.72. The third kappa shape index (κ3) is 4.79. The van der Waals surface area contributed by atoms with Crippen LogP contribution in [-0.2, 0) is 0 Å². The summed E-state index contributed by atoms with van der Waals surface area (Å²) in [5, 5.41) is 0. The fraction of sp³-hybridized carbons (Fsp3) is 0.333. The molecule has 0 atom stereocenters. The molecule has 0 saturated heterocycles. The van der Waals surface area contributed by atoms with Crippen LogP contribution in [0.2, 0.25) is 0 Å². The lowest BCUT2D eigenvalue weighted by Crippen LogP contribution is -1.95. The Labute approximate surface area is 144 Å². The summed E-state index contributed by atoms with van der Waals surface area (Å²) < 4.78 is 16.5. The molecule has 0 unspecified atom stereocenters. The molecule has 2 aromatic rings. The molecule has 0 bridgehead atoms. The minimum absolute atomic E-state index is 0.772. The van der Waals surface area contributed by atoms with Gasteiger partial charge in [0.1, 0.15) is 17.2 Å². The largest absolute Gasteiger partial charge is 0.496 e. The number of methoxy groups -OCH3 is 2. The summed E-state index contributed by atoms with van der Waals surface area (Å²) in [5.74, 6) is 2.57. The van der Waals surface area contributed by atoms with Crippen LogP contribution in [0, 0.1) is 6.92 Å². The molecule has 3 nitrogen and oxygen atoms in total. The summed E-state index contributed by atoms with van der Waals surface area (Å²) in [7, 11) is 3.35. The van der Waals surface area contributed by atoms with Gasteiger partial charge in [0.05, 0.1) is 20.8 Å². The molecule has 2 aromatic carbocycles. The van der Waals surface area contributed by atoms with Crippen molar-refractivity contribution >= 4 is 12.2 Å². The highest BCUT2D eigenvalue weighted by atomic mass is 16.5. The smallest absolute Gasteiger partial charge is 0.126 e. The van der Waals surface area contributed by atoms with E-state index in [1.807, 2.05) is 31.2 Å². The molecule has 0 amide bonds. The van der Waals surface area contributed by atoms with Crippen LogP contribution in [0.3, 0.4) is 0 Å². The van der Waals surface area contributed by atoms with Gasteiger partial charge >= 0.3 is 0 Å². The summed E-state index contributed by atoms with van der Waals surface area (Å²) in [5.41, 5.74) is 3.17. The molecule has 3 heteroatoms. The Morgan fingerprint density at radius 2 is 1.46 bits per heavy atom. The van der Waals surface area contributed by atoms with Crippen LogP contribution >= 0.6 is 0 Å². The normalized spacial score (nSPS) is 10.8. The Balaban J connectivity index is 2.10. The van der Waals surface area contributed by atoms with Crippen molar-refractivity contribution in [3.05, 3.63) is 53.1 Å². The number of unbranched alkanes of at least 4 members (excludes halogenated alkanes) is 1. The van der Waals surface area contributed by atoms with E-state index in [9.17, 15) is 0 Å². The molecule has 0 aliphatic rings. The van der Waals surface area contributed by atoms with E-state index < -0.39 is 0 Å². The highest BCUT2D eigenvalue weighted by Gasteiger charge is 2.06. The minimum Gasteiger partial charge on any atom is -0.496 e. The maximum absolute atomic E-state index is 5.68. The number of hydrogen-bond acceptors (Lipinski definition) is 3. The molecule has 0 fully saturated rings. The Kier molecular flexibility index (Phi) is 6.74. The maximum atomic E-state index is 5.68. The van der Waals surface area contributed by atoms with Crippen LogP contribution in [0.4, 0.5) is 0 Å². The summed E-state index contributed by atoms with van der Waals surface area (Å²) in [6, 6.07) is 12.1. The Bertz CT molecular complexity index is 647. The van der Waals surface area contributed by atoms with E-state index in [-0.39, 0.29) is 0 Å². The standard InChI is InChI=1S/C21H26O3/c1-5-6-13-24-19-11-9-17(10-12-19)7-8-18-14-20(22-3)16(2)21(15-18)23-4/h7-12,14-15H,5-6,13H2,1-4H3. The first-order valence-electron chi connectivity index (χ1n) is 8.31. The van der Waals surface area contributed by atoms with Gasteiger partial charge in [0.15, 0.2) is 0 Å². The second-order valence-corrected chi connectivity index (χ2v) is 5.65. The van der Waals surface area contributed by atoms with Gasteiger partial charge in [-0.3, -0.25) is 0 Å². The van der Waals surface area contributed by atoms with Crippen LogP contribution in [0.1, 0.15) is 36.5 Å². The summed E-state index contributed by atoms with van der Waals surface area (Å²) in [4.78, 5) is 0. The molecule has 0 spiro atoms. The van der Waals surface area contributed by atoms with Crippen molar-refractivity contribution in [1.29, 1.82) is 0 Å². The zero-order valence-corrected chi connectivity index (χ0v) is 15.0. The van der Waals surface area contributed by atoms with Crippen LogP contribution in [0.15, 0.2) is 36.4 Å². The molecule has 0 heterocycles. The lowest BCUT2D eigenvalue weighted by Gasteiger charge is -2.11. The third-order valence-corrected chi connectivity index (χ3v) is 3.89. The van der Waals surface area contributed by atoms with E-state index in [2.05, 4.69) is 31.2 Å². The lowest BCUT2D eigenvalue weighted by molar-refractivity contribution is 0.309. The molecule has 0 N–H and O–H groups in total. The fourth-order valence-electron chi connectivity index (χ4n) is 2.40. The van der Waals surface area contributed by atoms with Crippen molar-refractivity contribution in [1.82, 2.24) is 0 Å². The first-order valence-corrected chi connectivity index (χ1v) is 8.31. The van der Waals surface area contributed by atoms with Crippen molar-refractivity contribution < 1.29 is 14.2 Å². The number of hydrogen-bond donors (Lipinski definition) is 0. The minimum atomic E-state index is 0.772.